The van der Waals surface area contributed by atoms with Crippen molar-refractivity contribution >= 4 is 0 Å². The first-order valence-electron chi connectivity index (χ1n) is 6.44. The third kappa shape index (κ3) is 3.30. The molecule has 1 unspecified atom stereocenters. The molecule has 1 aliphatic heterocycles. The van der Waals surface area contributed by atoms with E-state index in [0.29, 0.717) is 36.3 Å². The second kappa shape index (κ2) is 6.63. The fourth-order valence-electron chi connectivity index (χ4n) is 2.11. The highest BCUT2D eigenvalue weighted by atomic mass is 16.5. The van der Waals surface area contributed by atoms with Gasteiger partial charge in [0.25, 0.3) is 0 Å². The summed E-state index contributed by atoms with van der Waals surface area (Å²) < 4.78 is 21.9. The minimum Gasteiger partial charge on any atom is -0.493 e. The van der Waals surface area contributed by atoms with Gasteiger partial charge in [-0.3, -0.25) is 0 Å². The maximum atomic E-state index is 5.86. The zero-order chi connectivity index (χ0) is 13.7. The Kier molecular flexibility index (Phi) is 4.87. The summed E-state index contributed by atoms with van der Waals surface area (Å²) in [6.07, 6.45) is 1.03. The Morgan fingerprint density at radius 1 is 1.26 bits per heavy atom. The first-order valence-corrected chi connectivity index (χ1v) is 6.44. The van der Waals surface area contributed by atoms with Gasteiger partial charge in [-0.1, -0.05) is 0 Å². The molecule has 0 saturated carbocycles. The van der Waals surface area contributed by atoms with Gasteiger partial charge in [0, 0.05) is 19.1 Å². The van der Waals surface area contributed by atoms with Crippen LogP contribution in [0.15, 0.2) is 12.1 Å². The second-order valence-corrected chi connectivity index (χ2v) is 4.57. The lowest BCUT2D eigenvalue weighted by Crippen LogP contribution is -2.13. The van der Waals surface area contributed by atoms with E-state index in [-0.39, 0.29) is 0 Å². The van der Waals surface area contributed by atoms with Gasteiger partial charge in [-0.2, -0.15) is 0 Å². The Morgan fingerprint density at radius 3 is 2.42 bits per heavy atom. The van der Waals surface area contributed by atoms with Crippen molar-refractivity contribution in [1.29, 1.82) is 0 Å². The van der Waals surface area contributed by atoms with Crippen molar-refractivity contribution in [2.75, 3.05) is 34.0 Å². The summed E-state index contributed by atoms with van der Waals surface area (Å²) in [6, 6.07) is 3.76. The number of hydrogen-bond donors (Lipinski definition) is 1. The minimum absolute atomic E-state index is 0.434. The van der Waals surface area contributed by atoms with Crippen LogP contribution in [-0.2, 0) is 11.3 Å². The molecule has 5 heteroatoms. The fraction of sp³-hybridized carbons (Fsp3) is 0.571. The molecule has 0 aliphatic carbocycles. The third-order valence-corrected chi connectivity index (χ3v) is 3.24. The van der Waals surface area contributed by atoms with Crippen LogP contribution < -0.4 is 19.9 Å². The predicted octanol–water partition coefficient (Wildman–Crippen LogP) is 1.58. The molecule has 0 bridgehead atoms. The van der Waals surface area contributed by atoms with Gasteiger partial charge in [0.2, 0.25) is 5.75 Å². The van der Waals surface area contributed by atoms with Crippen LogP contribution in [0.1, 0.15) is 12.0 Å². The molecule has 1 atom stereocenters. The molecule has 0 aromatic heterocycles. The molecule has 0 amide bonds. The van der Waals surface area contributed by atoms with Gasteiger partial charge in [0.05, 0.1) is 27.4 Å². The van der Waals surface area contributed by atoms with Gasteiger partial charge < -0.3 is 24.7 Å². The third-order valence-electron chi connectivity index (χ3n) is 3.24. The fourth-order valence-corrected chi connectivity index (χ4v) is 2.11. The van der Waals surface area contributed by atoms with Gasteiger partial charge in [-0.25, -0.2) is 0 Å². The van der Waals surface area contributed by atoms with Crippen molar-refractivity contribution in [3.63, 3.8) is 0 Å². The van der Waals surface area contributed by atoms with Gasteiger partial charge in [0.15, 0.2) is 11.5 Å². The van der Waals surface area contributed by atoms with Crippen molar-refractivity contribution < 1.29 is 18.9 Å². The molecule has 1 saturated heterocycles. The molecule has 1 fully saturated rings. The highest BCUT2D eigenvalue weighted by Gasteiger charge is 2.19. The maximum Gasteiger partial charge on any atom is 0.203 e. The summed E-state index contributed by atoms with van der Waals surface area (Å²) >= 11 is 0. The normalized spacial score (nSPS) is 18.4. The molecule has 1 aromatic carbocycles. The Morgan fingerprint density at radius 2 is 1.95 bits per heavy atom. The minimum atomic E-state index is 0.434. The maximum absolute atomic E-state index is 5.86. The van der Waals surface area contributed by atoms with E-state index >= 15 is 0 Å². The Balaban J connectivity index is 2.16. The van der Waals surface area contributed by atoms with Crippen molar-refractivity contribution in [2.45, 2.75) is 13.0 Å². The predicted molar refractivity (Wildman–Crippen MR) is 71.9 cm³/mol. The van der Waals surface area contributed by atoms with Crippen LogP contribution >= 0.6 is 0 Å². The molecular formula is C14H21NO4. The van der Waals surface area contributed by atoms with Crippen LogP contribution in [-0.4, -0.2) is 34.0 Å². The molecule has 0 radical (unpaired) electrons. The summed E-state index contributed by atoms with van der Waals surface area (Å²) in [5, 5.41) is 0. The molecule has 2 N–H and O–H groups in total. The number of hydrogen-bond acceptors (Lipinski definition) is 5. The molecule has 0 spiro atoms. The van der Waals surface area contributed by atoms with Gasteiger partial charge in [-0.15, -0.1) is 0 Å². The molecule has 1 aliphatic rings. The van der Waals surface area contributed by atoms with E-state index in [9.17, 15) is 0 Å². The van der Waals surface area contributed by atoms with Crippen LogP contribution in [0.4, 0.5) is 0 Å². The summed E-state index contributed by atoms with van der Waals surface area (Å²) in [6.45, 7) is 2.61. The molecule has 106 valence electrons. The van der Waals surface area contributed by atoms with Gasteiger partial charge in [0.1, 0.15) is 0 Å². The topological polar surface area (TPSA) is 62.9 Å². The van der Waals surface area contributed by atoms with Crippen molar-refractivity contribution in [3.05, 3.63) is 17.7 Å². The lowest BCUT2D eigenvalue weighted by Gasteiger charge is -2.17. The summed E-state index contributed by atoms with van der Waals surface area (Å²) in [5.41, 5.74) is 6.60. The van der Waals surface area contributed by atoms with E-state index in [2.05, 4.69) is 0 Å². The number of benzene rings is 1. The van der Waals surface area contributed by atoms with E-state index in [1.54, 1.807) is 14.2 Å². The monoisotopic (exact) mass is 267 g/mol. The van der Waals surface area contributed by atoms with Crippen molar-refractivity contribution in [2.24, 2.45) is 11.7 Å². The zero-order valence-electron chi connectivity index (χ0n) is 11.5. The Bertz CT molecular complexity index is 391. The van der Waals surface area contributed by atoms with Crippen molar-refractivity contribution in [3.8, 4) is 17.2 Å². The largest absolute Gasteiger partial charge is 0.493 e. The second-order valence-electron chi connectivity index (χ2n) is 4.57. The average molecular weight is 267 g/mol. The molecule has 19 heavy (non-hydrogen) atoms. The number of methoxy groups -OCH3 is 2. The lowest BCUT2D eigenvalue weighted by atomic mass is 10.1. The first-order chi connectivity index (χ1) is 9.28. The lowest BCUT2D eigenvalue weighted by molar-refractivity contribution is 0.164. The van der Waals surface area contributed by atoms with Gasteiger partial charge in [-0.05, 0) is 24.1 Å². The smallest absolute Gasteiger partial charge is 0.203 e. The van der Waals surface area contributed by atoms with E-state index in [1.165, 1.54) is 0 Å². The molecule has 1 heterocycles. The highest BCUT2D eigenvalue weighted by Crippen LogP contribution is 2.39. The van der Waals surface area contributed by atoms with E-state index in [1.807, 2.05) is 12.1 Å². The summed E-state index contributed by atoms with van der Waals surface area (Å²) in [4.78, 5) is 0. The van der Waals surface area contributed by atoms with Crippen LogP contribution in [0.2, 0.25) is 0 Å². The number of ether oxygens (including phenoxy) is 4. The van der Waals surface area contributed by atoms with Crippen LogP contribution in [0.25, 0.3) is 0 Å². The van der Waals surface area contributed by atoms with E-state index in [4.69, 9.17) is 24.7 Å². The number of rotatable bonds is 6. The first kappa shape index (κ1) is 14.0. The molecular weight excluding hydrogens is 246 g/mol. The average Bonchev–Trinajstić information content (AvgIpc) is 2.97. The standard InChI is InChI=1S/C14H21NO4/c1-16-12-5-11(7-15)6-13(17-2)14(12)19-9-10-3-4-18-8-10/h5-6,10H,3-4,7-9,15H2,1-2H3. The van der Waals surface area contributed by atoms with E-state index < -0.39 is 0 Å². The van der Waals surface area contributed by atoms with Crippen LogP contribution in [0, 0.1) is 5.92 Å². The Labute approximate surface area is 113 Å². The number of nitrogens with two attached hydrogens (primary N) is 1. The summed E-state index contributed by atoms with van der Waals surface area (Å²) in [7, 11) is 3.22. The summed E-state index contributed by atoms with van der Waals surface area (Å²) in [5.74, 6) is 2.37. The van der Waals surface area contributed by atoms with Crippen LogP contribution in [0.3, 0.4) is 0 Å². The molecule has 2 rings (SSSR count). The SMILES string of the molecule is COc1cc(CN)cc(OC)c1OCC1CCOC1. The van der Waals surface area contributed by atoms with Crippen LogP contribution in [0.5, 0.6) is 17.2 Å². The molecule has 5 nitrogen and oxygen atoms in total. The van der Waals surface area contributed by atoms with Gasteiger partial charge >= 0.3 is 0 Å². The van der Waals surface area contributed by atoms with Crippen molar-refractivity contribution in [1.82, 2.24) is 0 Å². The highest BCUT2D eigenvalue weighted by molar-refractivity contribution is 5.53. The van der Waals surface area contributed by atoms with E-state index in [0.717, 1.165) is 25.2 Å². The molecule has 1 aromatic rings. The zero-order valence-corrected chi connectivity index (χ0v) is 11.5. The quantitative estimate of drug-likeness (QED) is 0.847. The Hall–Kier alpha value is -1.46.